The summed E-state index contributed by atoms with van der Waals surface area (Å²) in [7, 11) is 0. The van der Waals surface area contributed by atoms with E-state index >= 15 is 0 Å². The molecule has 2 aromatic heterocycles. The third kappa shape index (κ3) is 9.84. The average Bonchev–Trinajstić information content (AvgIpc) is 3.78. The van der Waals surface area contributed by atoms with Crippen LogP contribution in [-0.2, 0) is 26.5 Å². The number of phenols is 1. The van der Waals surface area contributed by atoms with E-state index in [2.05, 4.69) is 93.6 Å². The largest absolute Gasteiger partial charge is 0.507 e. The molecule has 10 aromatic rings. The monoisotopic (exact) mass is 1110 g/mol. The fourth-order valence-corrected chi connectivity index (χ4v) is 9.30. The molecule has 71 heavy (non-hydrogen) atoms. The standard InChI is InChI=1S/C66H60N3O.Pt/c1-41(2)51-33-52(42(3)4)35-54(34-51)49-27-28-61(43(5)31-49)69-62-22-16-21-58(63(62)68-65(69)59-40-57(66(7,8)9)32-44(6)64(59)70)55-36-53(46-19-14-11-15-20-46)37-56(38-55)60-39-50(29-30-67-60)48-25-23-47(24-26-48)45-17-12-10-13-18-45;/h10-37,39-42,70H,1-9H3;/q-1;/i5D3,41D,42D;. The first-order chi connectivity index (χ1) is 35.5. The van der Waals surface area contributed by atoms with Crippen LogP contribution in [0.3, 0.4) is 0 Å². The molecule has 4 nitrogen and oxygen atoms in total. The number of aryl methyl sites for hydroxylation is 2. The molecule has 0 saturated heterocycles. The SMILES string of the molecule is [2H]C([2H])([2H])c1cc(-c2cc(C([2H])(C)C)cc(C([2H])(C)C)c2)ccc1-n1c(-c2cc(C(C)(C)C)cc(C)c2O)nc2c(-c3[c-]c(-c4cc(-c5ccc(-c6ccccc6)cc5)ccn4)cc(-c4ccccc4)c3)cccc21.[Pt]. The Morgan fingerprint density at radius 1 is 0.563 bits per heavy atom. The van der Waals surface area contributed by atoms with Gasteiger partial charge in [0.25, 0.3) is 0 Å². The number of aromatic nitrogens is 3. The number of rotatable bonds is 10. The number of para-hydroxylation sites is 1. The van der Waals surface area contributed by atoms with E-state index in [1.54, 1.807) is 6.07 Å². The van der Waals surface area contributed by atoms with Gasteiger partial charge in [-0.05, 0) is 128 Å². The first-order valence-electron chi connectivity index (χ1n) is 26.4. The summed E-state index contributed by atoms with van der Waals surface area (Å²) in [5.41, 5.74) is 15.7. The number of nitrogens with zero attached hydrogens (tertiary/aromatic N) is 3. The fraction of sp³-hybridized carbons (Fsp3) is 0.182. The molecule has 0 aliphatic rings. The summed E-state index contributed by atoms with van der Waals surface area (Å²) in [6.45, 7) is 12.9. The summed E-state index contributed by atoms with van der Waals surface area (Å²) in [6, 6.07) is 62.3. The number of hydrogen-bond acceptors (Lipinski definition) is 3. The van der Waals surface area contributed by atoms with Crippen LogP contribution in [0.1, 0.15) is 94.9 Å². The van der Waals surface area contributed by atoms with Gasteiger partial charge in [-0.2, -0.15) is 0 Å². The van der Waals surface area contributed by atoms with Crippen LogP contribution >= 0.6 is 0 Å². The van der Waals surface area contributed by atoms with Gasteiger partial charge in [-0.1, -0.05) is 199 Å². The van der Waals surface area contributed by atoms with E-state index in [4.69, 9.17) is 16.8 Å². The third-order valence-electron chi connectivity index (χ3n) is 13.4. The predicted molar refractivity (Wildman–Crippen MR) is 294 cm³/mol. The molecule has 356 valence electrons. The summed E-state index contributed by atoms with van der Waals surface area (Å²) in [5, 5.41) is 12.1. The van der Waals surface area contributed by atoms with Crippen molar-refractivity contribution in [3.63, 3.8) is 0 Å². The van der Waals surface area contributed by atoms with E-state index in [9.17, 15) is 5.11 Å². The smallest absolute Gasteiger partial charge is 0.148 e. The summed E-state index contributed by atoms with van der Waals surface area (Å²) >= 11 is 0. The zero-order chi connectivity index (χ0) is 53.2. The maximum Gasteiger partial charge on any atom is 0.148 e. The Morgan fingerprint density at radius 2 is 1.14 bits per heavy atom. The Kier molecular flexibility index (Phi) is 12.0. The molecule has 0 saturated carbocycles. The van der Waals surface area contributed by atoms with Crippen LogP contribution in [0, 0.1) is 19.8 Å². The molecule has 8 aromatic carbocycles. The van der Waals surface area contributed by atoms with E-state index in [-0.39, 0.29) is 37.8 Å². The van der Waals surface area contributed by atoms with E-state index in [0.29, 0.717) is 39.2 Å². The minimum absolute atomic E-state index is 0. The Bertz CT molecular complexity index is 3740. The Labute approximate surface area is 441 Å². The molecular formula is C66H60N3OPt-. The van der Waals surface area contributed by atoms with Gasteiger partial charge in [0.2, 0.25) is 0 Å². The maximum absolute atomic E-state index is 12.1. The van der Waals surface area contributed by atoms with Crippen molar-refractivity contribution in [1.29, 1.82) is 0 Å². The van der Waals surface area contributed by atoms with Crippen molar-refractivity contribution in [1.82, 2.24) is 14.5 Å². The van der Waals surface area contributed by atoms with Crippen LogP contribution < -0.4 is 0 Å². The summed E-state index contributed by atoms with van der Waals surface area (Å²) in [5.74, 6) is -1.51. The van der Waals surface area contributed by atoms with Gasteiger partial charge in [-0.15, -0.1) is 23.8 Å². The molecule has 0 radical (unpaired) electrons. The molecular weight excluding hydrogens is 1050 g/mol. The normalized spacial score (nSPS) is 13.2. The molecule has 5 heteroatoms. The van der Waals surface area contributed by atoms with Gasteiger partial charge in [-0.25, -0.2) is 4.98 Å². The number of phenolic OH excluding ortho intramolecular Hbond substituents is 1. The van der Waals surface area contributed by atoms with Gasteiger partial charge >= 0.3 is 0 Å². The van der Waals surface area contributed by atoms with Gasteiger partial charge < -0.3 is 5.11 Å². The Balaban J connectivity index is 0.00000706. The van der Waals surface area contributed by atoms with Crippen molar-refractivity contribution in [3.05, 3.63) is 216 Å². The van der Waals surface area contributed by atoms with Crippen LogP contribution in [0.15, 0.2) is 182 Å². The van der Waals surface area contributed by atoms with E-state index in [1.807, 2.05) is 149 Å². The Morgan fingerprint density at radius 3 is 1.77 bits per heavy atom. The molecule has 10 rings (SSSR count). The molecule has 0 fully saturated rings. The number of hydrogen-bond donors (Lipinski definition) is 1. The van der Waals surface area contributed by atoms with Gasteiger partial charge in [0, 0.05) is 39.8 Å². The second-order valence-corrected chi connectivity index (χ2v) is 19.8. The molecule has 1 N–H and O–H groups in total. The summed E-state index contributed by atoms with van der Waals surface area (Å²) in [4.78, 5) is 10.4. The molecule has 0 bridgehead atoms. The zero-order valence-electron chi connectivity index (χ0n) is 46.4. The van der Waals surface area contributed by atoms with E-state index in [0.717, 1.165) is 78.0 Å². The molecule has 2 heterocycles. The topological polar surface area (TPSA) is 50.9 Å². The van der Waals surface area contributed by atoms with Gasteiger partial charge in [-0.3, -0.25) is 9.55 Å². The van der Waals surface area contributed by atoms with Crippen molar-refractivity contribution in [3.8, 4) is 89.7 Å². The third-order valence-corrected chi connectivity index (χ3v) is 13.4. The quantitative estimate of drug-likeness (QED) is 0.139. The Hall–Kier alpha value is -7.13. The number of aromatic hydroxyl groups is 1. The van der Waals surface area contributed by atoms with Crippen molar-refractivity contribution >= 4 is 11.0 Å². The second kappa shape index (κ2) is 19.9. The first-order valence-corrected chi connectivity index (χ1v) is 23.9. The van der Waals surface area contributed by atoms with Crippen LogP contribution in [0.2, 0.25) is 0 Å². The minimum Gasteiger partial charge on any atom is -0.507 e. The number of pyridine rings is 1. The van der Waals surface area contributed by atoms with Crippen molar-refractivity contribution in [2.45, 2.75) is 79.4 Å². The van der Waals surface area contributed by atoms with Gasteiger partial charge in [0.05, 0.1) is 22.3 Å². The first kappa shape index (κ1) is 42.7. The van der Waals surface area contributed by atoms with Gasteiger partial charge in [0.15, 0.2) is 0 Å². The van der Waals surface area contributed by atoms with Crippen LogP contribution in [0.25, 0.3) is 95.0 Å². The minimum atomic E-state index is -2.61. The number of fused-ring (bicyclic) bond motifs is 1. The molecule has 0 aliphatic heterocycles. The maximum atomic E-state index is 12.1. The predicted octanol–water partition coefficient (Wildman–Crippen LogP) is 17.8. The average molecular weight is 1110 g/mol. The van der Waals surface area contributed by atoms with E-state index in [1.165, 1.54) is 0 Å². The van der Waals surface area contributed by atoms with E-state index < -0.39 is 18.6 Å². The van der Waals surface area contributed by atoms with Crippen molar-refractivity contribution in [2.24, 2.45) is 0 Å². The van der Waals surface area contributed by atoms with Crippen LogP contribution in [0.4, 0.5) is 0 Å². The molecule has 0 aliphatic carbocycles. The fourth-order valence-electron chi connectivity index (χ4n) is 9.30. The van der Waals surface area contributed by atoms with Crippen LogP contribution in [-0.4, -0.2) is 19.6 Å². The second-order valence-electron chi connectivity index (χ2n) is 19.8. The molecule has 0 amide bonds. The van der Waals surface area contributed by atoms with Crippen molar-refractivity contribution < 1.29 is 33.0 Å². The number of benzene rings is 8. The van der Waals surface area contributed by atoms with Crippen molar-refractivity contribution in [2.75, 3.05) is 0 Å². The zero-order valence-corrected chi connectivity index (χ0v) is 43.7. The van der Waals surface area contributed by atoms with Gasteiger partial charge in [0.1, 0.15) is 11.6 Å². The summed E-state index contributed by atoms with van der Waals surface area (Å²) < 4.78 is 47.1. The summed E-state index contributed by atoms with van der Waals surface area (Å²) in [6.07, 6.45) is 1.84. The molecule has 0 atom stereocenters. The molecule has 0 spiro atoms. The van der Waals surface area contributed by atoms with Crippen LogP contribution in [0.5, 0.6) is 5.75 Å². The molecule has 0 unspecified atom stereocenters. The number of imidazole rings is 1.